The minimum Gasteiger partial charge on any atom is -0.475 e. The Balaban J connectivity index is 2.06. The van der Waals surface area contributed by atoms with Crippen LogP contribution < -0.4 is 10.2 Å². The Hall–Kier alpha value is -1.65. The summed E-state index contributed by atoms with van der Waals surface area (Å²) >= 11 is 0. The fraction of sp³-hybridized carbons (Fsp3) is 0.500. The van der Waals surface area contributed by atoms with Crippen molar-refractivity contribution in [2.75, 3.05) is 23.8 Å². The average molecular weight is 208 g/mol. The van der Waals surface area contributed by atoms with E-state index in [4.69, 9.17) is 9.52 Å². The van der Waals surface area contributed by atoms with E-state index < -0.39 is 5.97 Å². The molecule has 1 aromatic rings. The zero-order valence-corrected chi connectivity index (χ0v) is 8.41. The number of hydrogen-bond donors (Lipinski definition) is 2. The zero-order valence-electron chi connectivity index (χ0n) is 8.41. The van der Waals surface area contributed by atoms with Crippen LogP contribution in [0.1, 0.15) is 23.4 Å². The highest BCUT2D eigenvalue weighted by Gasteiger charge is 2.48. The van der Waals surface area contributed by atoms with Crippen LogP contribution in [0.15, 0.2) is 10.7 Å². The van der Waals surface area contributed by atoms with E-state index >= 15 is 0 Å². The van der Waals surface area contributed by atoms with E-state index in [1.54, 1.807) is 0 Å². The van der Waals surface area contributed by atoms with Gasteiger partial charge in [-0.2, -0.15) is 0 Å². The first-order valence-corrected chi connectivity index (χ1v) is 4.95. The Morgan fingerprint density at radius 1 is 1.67 bits per heavy atom. The number of carboxylic acids is 1. The SMILES string of the molecule is CN1CC2(CC2)Nc2coc(C(=O)O)c21. The Morgan fingerprint density at radius 3 is 3.00 bits per heavy atom. The molecular weight excluding hydrogens is 196 g/mol. The second-order valence-corrected chi connectivity index (χ2v) is 4.39. The number of fused-ring (bicyclic) bond motifs is 1. The predicted octanol–water partition coefficient (Wildman–Crippen LogP) is 1.37. The zero-order chi connectivity index (χ0) is 10.6. The largest absolute Gasteiger partial charge is 0.475 e. The van der Waals surface area contributed by atoms with Crippen LogP contribution in [-0.4, -0.2) is 30.2 Å². The van der Waals surface area contributed by atoms with Crippen LogP contribution in [0.2, 0.25) is 0 Å². The van der Waals surface area contributed by atoms with Crippen molar-refractivity contribution in [3.05, 3.63) is 12.0 Å². The van der Waals surface area contributed by atoms with Crippen LogP contribution in [0.4, 0.5) is 11.4 Å². The summed E-state index contributed by atoms with van der Waals surface area (Å²) in [5.74, 6) is -0.993. The minimum atomic E-state index is -1.02. The lowest BCUT2D eigenvalue weighted by molar-refractivity contribution is 0.0663. The van der Waals surface area contributed by atoms with Crippen molar-refractivity contribution in [3.63, 3.8) is 0 Å². The first kappa shape index (κ1) is 8.64. The number of aromatic carboxylic acids is 1. The number of rotatable bonds is 1. The molecule has 2 N–H and O–H groups in total. The van der Waals surface area contributed by atoms with E-state index in [1.165, 1.54) is 6.26 Å². The van der Waals surface area contributed by atoms with Gasteiger partial charge in [0.05, 0.1) is 11.2 Å². The van der Waals surface area contributed by atoms with Gasteiger partial charge >= 0.3 is 5.97 Å². The third-order valence-corrected chi connectivity index (χ3v) is 3.13. The van der Waals surface area contributed by atoms with E-state index in [0.717, 1.165) is 25.1 Å². The van der Waals surface area contributed by atoms with Crippen LogP contribution in [-0.2, 0) is 0 Å². The van der Waals surface area contributed by atoms with Gasteiger partial charge < -0.3 is 19.7 Å². The lowest BCUT2D eigenvalue weighted by Gasteiger charge is -2.32. The molecule has 0 atom stereocenters. The molecule has 1 aromatic heterocycles. The predicted molar refractivity (Wildman–Crippen MR) is 54.5 cm³/mol. The van der Waals surface area contributed by atoms with Crippen molar-refractivity contribution in [2.45, 2.75) is 18.4 Å². The summed E-state index contributed by atoms with van der Waals surface area (Å²) in [5, 5.41) is 12.3. The number of furan rings is 1. The van der Waals surface area contributed by atoms with Crippen molar-refractivity contribution in [1.29, 1.82) is 0 Å². The second kappa shape index (κ2) is 2.48. The standard InChI is InChI=1S/C10H12N2O3/c1-12-5-10(2-3-10)11-6-4-15-8(7(6)12)9(13)14/h4,11H,2-3,5H2,1H3,(H,13,14). The van der Waals surface area contributed by atoms with E-state index in [2.05, 4.69) is 5.32 Å². The molecule has 1 aliphatic heterocycles. The highest BCUT2D eigenvalue weighted by atomic mass is 16.4. The van der Waals surface area contributed by atoms with Crippen LogP contribution in [0.3, 0.4) is 0 Å². The quantitative estimate of drug-likeness (QED) is 0.729. The van der Waals surface area contributed by atoms with Gasteiger partial charge in [-0.15, -0.1) is 0 Å². The monoisotopic (exact) mass is 208 g/mol. The highest BCUT2D eigenvalue weighted by molar-refractivity contribution is 5.96. The lowest BCUT2D eigenvalue weighted by Crippen LogP contribution is -2.41. The minimum absolute atomic E-state index is 0.0236. The second-order valence-electron chi connectivity index (χ2n) is 4.39. The van der Waals surface area contributed by atoms with Gasteiger partial charge in [0.15, 0.2) is 0 Å². The van der Waals surface area contributed by atoms with Gasteiger partial charge in [-0.05, 0) is 12.8 Å². The van der Waals surface area contributed by atoms with Gasteiger partial charge in [0, 0.05) is 13.6 Å². The van der Waals surface area contributed by atoms with Gasteiger partial charge in [-0.3, -0.25) is 0 Å². The first-order valence-electron chi connectivity index (χ1n) is 4.95. The van der Waals surface area contributed by atoms with Crippen molar-refractivity contribution < 1.29 is 14.3 Å². The summed E-state index contributed by atoms with van der Waals surface area (Å²) in [5.41, 5.74) is 1.64. The molecular formula is C10H12N2O3. The van der Waals surface area contributed by atoms with E-state index in [-0.39, 0.29) is 11.3 Å². The van der Waals surface area contributed by atoms with Gasteiger partial charge in [-0.25, -0.2) is 4.79 Å². The normalized spacial score (nSPS) is 21.0. The summed E-state index contributed by atoms with van der Waals surface area (Å²) in [6.45, 7) is 0.847. The maximum atomic E-state index is 10.9. The summed E-state index contributed by atoms with van der Waals surface area (Å²) in [6, 6.07) is 0. The Kier molecular flexibility index (Phi) is 1.43. The molecule has 1 spiro atoms. The van der Waals surface area contributed by atoms with E-state index in [1.807, 2.05) is 11.9 Å². The van der Waals surface area contributed by atoms with Gasteiger partial charge in [0.1, 0.15) is 12.0 Å². The van der Waals surface area contributed by atoms with Gasteiger partial charge in [0.2, 0.25) is 5.76 Å². The topological polar surface area (TPSA) is 65.7 Å². The third kappa shape index (κ3) is 1.12. The number of likely N-dealkylation sites (N-methyl/N-ethyl adjacent to an activating group) is 1. The van der Waals surface area contributed by atoms with Crippen LogP contribution >= 0.6 is 0 Å². The smallest absolute Gasteiger partial charge is 0.374 e. The lowest BCUT2D eigenvalue weighted by atomic mass is 10.1. The molecule has 15 heavy (non-hydrogen) atoms. The molecule has 0 aromatic carbocycles. The van der Waals surface area contributed by atoms with Crippen LogP contribution in [0.5, 0.6) is 0 Å². The number of anilines is 2. The molecule has 1 saturated carbocycles. The molecule has 2 heterocycles. The van der Waals surface area contributed by atoms with Gasteiger partial charge in [-0.1, -0.05) is 0 Å². The Morgan fingerprint density at radius 2 is 2.40 bits per heavy atom. The number of hydrogen-bond acceptors (Lipinski definition) is 4. The molecule has 1 fully saturated rings. The molecule has 5 heteroatoms. The molecule has 0 amide bonds. The maximum Gasteiger partial charge on any atom is 0.374 e. The fourth-order valence-electron chi connectivity index (χ4n) is 2.26. The summed E-state index contributed by atoms with van der Waals surface area (Å²) in [4.78, 5) is 12.9. The number of nitrogens with one attached hydrogen (secondary N) is 1. The first-order chi connectivity index (χ1) is 7.11. The average Bonchev–Trinajstić information content (AvgIpc) is 2.76. The van der Waals surface area contributed by atoms with E-state index in [9.17, 15) is 4.79 Å². The van der Waals surface area contributed by atoms with Gasteiger partial charge in [0.25, 0.3) is 0 Å². The van der Waals surface area contributed by atoms with Crippen LogP contribution in [0, 0.1) is 0 Å². The van der Waals surface area contributed by atoms with Crippen molar-refractivity contribution >= 4 is 17.3 Å². The summed E-state index contributed by atoms with van der Waals surface area (Å²) < 4.78 is 5.07. The molecule has 0 radical (unpaired) electrons. The summed E-state index contributed by atoms with van der Waals surface area (Å²) in [7, 11) is 1.90. The van der Waals surface area contributed by atoms with Crippen molar-refractivity contribution in [1.82, 2.24) is 0 Å². The fourth-order valence-corrected chi connectivity index (χ4v) is 2.26. The number of nitrogens with zero attached hydrogens (tertiary/aromatic N) is 1. The maximum absolute atomic E-state index is 10.9. The molecule has 1 aliphatic carbocycles. The number of carbonyl (C=O) groups is 1. The number of carboxylic acid groups (broad SMARTS) is 1. The van der Waals surface area contributed by atoms with E-state index in [0.29, 0.717) is 5.69 Å². The Labute approximate surface area is 86.7 Å². The molecule has 5 nitrogen and oxygen atoms in total. The summed E-state index contributed by atoms with van der Waals surface area (Å²) in [6.07, 6.45) is 3.78. The Bertz CT molecular complexity index is 434. The highest BCUT2D eigenvalue weighted by Crippen LogP contribution is 2.47. The molecule has 0 bridgehead atoms. The third-order valence-electron chi connectivity index (χ3n) is 3.13. The molecule has 0 unspecified atom stereocenters. The molecule has 80 valence electrons. The van der Waals surface area contributed by atoms with Crippen LogP contribution in [0.25, 0.3) is 0 Å². The van der Waals surface area contributed by atoms with Crippen molar-refractivity contribution in [2.24, 2.45) is 0 Å². The molecule has 2 aliphatic rings. The van der Waals surface area contributed by atoms with Crippen molar-refractivity contribution in [3.8, 4) is 0 Å². The molecule has 3 rings (SSSR count). The molecule has 0 saturated heterocycles.